The van der Waals surface area contributed by atoms with Crippen LogP contribution in [0, 0.1) is 0 Å². The highest BCUT2D eigenvalue weighted by Gasteiger charge is 2.02. The molecule has 94 valence electrons. The molecule has 0 aliphatic heterocycles. The highest BCUT2D eigenvalue weighted by molar-refractivity contribution is 5.22. The molecule has 18 heavy (non-hydrogen) atoms. The van der Waals surface area contributed by atoms with Crippen molar-refractivity contribution in [3.8, 4) is 5.88 Å². The maximum absolute atomic E-state index is 11.6. The Labute approximate surface area is 104 Å². The first-order valence-electron chi connectivity index (χ1n) is 5.54. The molecule has 0 saturated carbocycles. The number of ether oxygens (including phenoxy) is 1. The molecule has 2 rings (SSSR count). The summed E-state index contributed by atoms with van der Waals surface area (Å²) in [7, 11) is 1.51. The summed E-state index contributed by atoms with van der Waals surface area (Å²) >= 11 is 0. The van der Waals surface area contributed by atoms with Crippen LogP contribution in [-0.2, 0) is 13.2 Å². The summed E-state index contributed by atoms with van der Waals surface area (Å²) in [6.07, 6.45) is 0. The van der Waals surface area contributed by atoms with Crippen molar-refractivity contribution < 1.29 is 9.84 Å². The number of aliphatic hydroxyl groups excluding tert-OH is 1. The smallest absolute Gasteiger partial charge is 0.267 e. The van der Waals surface area contributed by atoms with Gasteiger partial charge in [-0.25, -0.2) is 4.68 Å². The van der Waals surface area contributed by atoms with Crippen LogP contribution in [0.25, 0.3) is 0 Å². The van der Waals surface area contributed by atoms with Crippen LogP contribution in [0.2, 0.25) is 0 Å². The van der Waals surface area contributed by atoms with Gasteiger partial charge in [0.15, 0.2) is 0 Å². The van der Waals surface area contributed by atoms with Crippen LogP contribution in [-0.4, -0.2) is 22.0 Å². The predicted octanol–water partition coefficient (Wildman–Crippen LogP) is 0.792. The van der Waals surface area contributed by atoms with Gasteiger partial charge in [-0.1, -0.05) is 24.3 Å². The molecule has 2 aromatic rings. The summed E-state index contributed by atoms with van der Waals surface area (Å²) in [5.74, 6) is 0.404. The van der Waals surface area contributed by atoms with Crippen LogP contribution < -0.4 is 10.3 Å². The van der Waals surface area contributed by atoms with Crippen molar-refractivity contribution in [2.75, 3.05) is 7.11 Å². The molecule has 1 N–H and O–H groups in total. The quantitative estimate of drug-likeness (QED) is 0.866. The van der Waals surface area contributed by atoms with Crippen LogP contribution >= 0.6 is 0 Å². The molecule has 1 aromatic heterocycles. The summed E-state index contributed by atoms with van der Waals surface area (Å²) in [6.45, 7) is 0.388. The van der Waals surface area contributed by atoms with E-state index >= 15 is 0 Å². The van der Waals surface area contributed by atoms with E-state index < -0.39 is 0 Å². The van der Waals surface area contributed by atoms with Crippen LogP contribution in [0.15, 0.2) is 41.2 Å². The maximum Gasteiger partial charge on any atom is 0.267 e. The number of methoxy groups -OCH3 is 1. The lowest BCUT2D eigenvalue weighted by Crippen LogP contribution is -2.22. The number of hydrogen-bond acceptors (Lipinski definition) is 4. The second-order valence-electron chi connectivity index (χ2n) is 3.85. The molecule has 0 fully saturated rings. The first kappa shape index (κ1) is 12.3. The number of aliphatic hydroxyl groups is 1. The maximum atomic E-state index is 11.6. The van der Waals surface area contributed by atoms with E-state index in [0.717, 1.165) is 11.1 Å². The fourth-order valence-corrected chi connectivity index (χ4v) is 1.58. The molecular formula is C13H14N2O3. The van der Waals surface area contributed by atoms with Crippen molar-refractivity contribution in [1.29, 1.82) is 0 Å². The molecule has 1 aromatic carbocycles. The van der Waals surface area contributed by atoms with E-state index in [0.29, 0.717) is 12.4 Å². The molecule has 0 radical (unpaired) electrons. The van der Waals surface area contributed by atoms with Gasteiger partial charge in [0.25, 0.3) is 5.56 Å². The first-order valence-corrected chi connectivity index (χ1v) is 5.54. The first-order chi connectivity index (χ1) is 8.72. The van der Waals surface area contributed by atoms with Crippen molar-refractivity contribution in [1.82, 2.24) is 9.78 Å². The minimum absolute atomic E-state index is 0.0115. The summed E-state index contributed by atoms with van der Waals surface area (Å²) in [6, 6.07) is 10.3. The molecule has 0 spiro atoms. The van der Waals surface area contributed by atoms with E-state index in [2.05, 4.69) is 5.10 Å². The highest BCUT2D eigenvalue weighted by Crippen LogP contribution is 2.06. The second kappa shape index (κ2) is 5.46. The summed E-state index contributed by atoms with van der Waals surface area (Å²) in [5, 5.41) is 13.0. The molecule has 0 aliphatic rings. The van der Waals surface area contributed by atoms with E-state index in [4.69, 9.17) is 9.84 Å². The molecule has 0 amide bonds. The lowest BCUT2D eigenvalue weighted by atomic mass is 10.1. The Bertz CT molecular complexity index is 576. The van der Waals surface area contributed by atoms with Gasteiger partial charge in [-0.05, 0) is 11.1 Å². The monoisotopic (exact) mass is 246 g/mol. The van der Waals surface area contributed by atoms with Gasteiger partial charge in [0.05, 0.1) is 20.3 Å². The van der Waals surface area contributed by atoms with Gasteiger partial charge in [0.2, 0.25) is 5.88 Å². The van der Waals surface area contributed by atoms with Gasteiger partial charge in [0.1, 0.15) is 0 Å². The van der Waals surface area contributed by atoms with E-state index in [1.807, 2.05) is 24.3 Å². The molecule has 0 atom stereocenters. The van der Waals surface area contributed by atoms with Crippen LogP contribution in [0.5, 0.6) is 5.88 Å². The average Bonchev–Trinajstić information content (AvgIpc) is 2.42. The van der Waals surface area contributed by atoms with Crippen molar-refractivity contribution in [3.05, 3.63) is 57.9 Å². The molecule has 5 nitrogen and oxygen atoms in total. The van der Waals surface area contributed by atoms with Crippen molar-refractivity contribution in [3.63, 3.8) is 0 Å². The van der Waals surface area contributed by atoms with Gasteiger partial charge in [-0.2, -0.15) is 0 Å². The van der Waals surface area contributed by atoms with Crippen LogP contribution in [0.3, 0.4) is 0 Å². The molecule has 0 aliphatic carbocycles. The number of hydrogen-bond donors (Lipinski definition) is 1. The Kier molecular flexibility index (Phi) is 3.74. The molecule has 0 unspecified atom stereocenters. The molecule has 1 heterocycles. The van der Waals surface area contributed by atoms with Gasteiger partial charge in [0, 0.05) is 12.1 Å². The van der Waals surface area contributed by atoms with E-state index in [1.54, 1.807) is 0 Å². The zero-order valence-electron chi connectivity index (χ0n) is 10.0. The Morgan fingerprint density at radius 2 is 1.83 bits per heavy atom. The zero-order chi connectivity index (χ0) is 13.0. The standard InChI is InChI=1S/C13H14N2O3/c1-18-12-6-7-13(17)15(14-12)8-10-2-4-11(9-16)5-3-10/h2-7,16H,8-9H2,1H3. The fraction of sp³-hybridized carbons (Fsp3) is 0.231. The zero-order valence-corrected chi connectivity index (χ0v) is 10.0. The summed E-state index contributed by atoms with van der Waals surface area (Å²) < 4.78 is 6.32. The largest absolute Gasteiger partial charge is 0.480 e. The summed E-state index contributed by atoms with van der Waals surface area (Å²) in [4.78, 5) is 11.6. The van der Waals surface area contributed by atoms with Gasteiger partial charge in [-0.15, -0.1) is 5.10 Å². The minimum Gasteiger partial charge on any atom is -0.480 e. The third-order valence-electron chi connectivity index (χ3n) is 2.59. The highest BCUT2D eigenvalue weighted by atomic mass is 16.5. The van der Waals surface area contributed by atoms with Crippen molar-refractivity contribution in [2.45, 2.75) is 13.2 Å². The second-order valence-corrected chi connectivity index (χ2v) is 3.85. The minimum atomic E-state index is -0.179. The van der Waals surface area contributed by atoms with E-state index in [1.165, 1.54) is 23.9 Å². The number of benzene rings is 1. The Morgan fingerprint density at radius 3 is 2.44 bits per heavy atom. The molecule has 5 heteroatoms. The Balaban J connectivity index is 2.24. The molecule has 0 saturated heterocycles. The SMILES string of the molecule is COc1ccc(=O)n(Cc2ccc(CO)cc2)n1. The third-order valence-corrected chi connectivity index (χ3v) is 2.59. The van der Waals surface area contributed by atoms with Crippen molar-refractivity contribution >= 4 is 0 Å². The van der Waals surface area contributed by atoms with Crippen LogP contribution in [0.1, 0.15) is 11.1 Å². The predicted molar refractivity (Wildman–Crippen MR) is 66.5 cm³/mol. The number of rotatable bonds is 4. The Morgan fingerprint density at radius 1 is 1.17 bits per heavy atom. The lowest BCUT2D eigenvalue weighted by Gasteiger charge is -2.06. The topological polar surface area (TPSA) is 64.3 Å². The van der Waals surface area contributed by atoms with E-state index in [9.17, 15) is 4.79 Å². The average molecular weight is 246 g/mol. The van der Waals surface area contributed by atoms with Crippen LogP contribution in [0.4, 0.5) is 0 Å². The third kappa shape index (κ3) is 2.75. The Hall–Kier alpha value is -2.14. The lowest BCUT2D eigenvalue weighted by molar-refractivity contribution is 0.282. The van der Waals surface area contributed by atoms with Crippen molar-refractivity contribution in [2.24, 2.45) is 0 Å². The molecular weight excluding hydrogens is 232 g/mol. The summed E-state index contributed by atoms with van der Waals surface area (Å²) in [5.41, 5.74) is 1.60. The normalized spacial score (nSPS) is 10.3. The van der Waals surface area contributed by atoms with Gasteiger partial charge < -0.3 is 9.84 Å². The van der Waals surface area contributed by atoms with Gasteiger partial charge in [-0.3, -0.25) is 4.79 Å². The van der Waals surface area contributed by atoms with Gasteiger partial charge >= 0.3 is 0 Å². The number of aromatic nitrogens is 2. The van der Waals surface area contributed by atoms with E-state index in [-0.39, 0.29) is 12.2 Å². The number of nitrogens with zero attached hydrogens (tertiary/aromatic N) is 2. The fourth-order valence-electron chi connectivity index (χ4n) is 1.58. The molecule has 0 bridgehead atoms.